The zero-order chi connectivity index (χ0) is 21.0. The summed E-state index contributed by atoms with van der Waals surface area (Å²) in [6.07, 6.45) is 3.16. The van der Waals surface area contributed by atoms with Gasteiger partial charge in [-0.3, -0.25) is 9.59 Å². The van der Waals surface area contributed by atoms with E-state index in [0.29, 0.717) is 21.9 Å². The molecule has 2 heterocycles. The van der Waals surface area contributed by atoms with Crippen LogP contribution in [0.15, 0.2) is 35.5 Å². The fraction of sp³-hybridized carbons (Fsp3) is 0.500. The van der Waals surface area contributed by atoms with E-state index in [-0.39, 0.29) is 31.4 Å². The highest BCUT2D eigenvalue weighted by molar-refractivity contribution is 6.31. The van der Waals surface area contributed by atoms with Crippen LogP contribution in [0.2, 0.25) is 5.02 Å². The van der Waals surface area contributed by atoms with E-state index < -0.39 is 11.9 Å². The van der Waals surface area contributed by atoms with Crippen LogP contribution in [0, 0.1) is 0 Å². The molecule has 1 fully saturated rings. The normalized spacial score (nSPS) is 20.1. The Balaban J connectivity index is 1.94. The molecule has 0 unspecified atom stereocenters. The molecule has 2 aliphatic heterocycles. The Morgan fingerprint density at radius 2 is 1.86 bits per heavy atom. The summed E-state index contributed by atoms with van der Waals surface area (Å²) in [4.78, 5) is 41.7. The van der Waals surface area contributed by atoms with Gasteiger partial charge in [-0.1, -0.05) is 29.8 Å². The van der Waals surface area contributed by atoms with Gasteiger partial charge in [-0.2, -0.15) is 0 Å². The van der Waals surface area contributed by atoms with E-state index in [1.54, 1.807) is 30.9 Å². The molecule has 2 aliphatic rings. The van der Waals surface area contributed by atoms with E-state index in [1.807, 2.05) is 12.1 Å². The molecule has 3 rings (SSSR count). The van der Waals surface area contributed by atoms with Crippen molar-refractivity contribution in [1.82, 2.24) is 9.80 Å². The number of ether oxygens (including phenoxy) is 1. The lowest BCUT2D eigenvalue weighted by Crippen LogP contribution is -2.46. The molecule has 0 spiro atoms. The van der Waals surface area contributed by atoms with Crippen molar-refractivity contribution in [3.8, 4) is 0 Å². The van der Waals surface area contributed by atoms with Crippen molar-refractivity contribution in [1.29, 1.82) is 0 Å². The number of benzene rings is 1. The third-order valence-corrected chi connectivity index (χ3v) is 5.95. The third-order valence-electron chi connectivity index (χ3n) is 5.60. The van der Waals surface area contributed by atoms with Crippen LogP contribution < -0.4 is 0 Å². The highest BCUT2D eigenvalue weighted by Crippen LogP contribution is 2.39. The molecule has 0 bridgehead atoms. The van der Waals surface area contributed by atoms with Gasteiger partial charge >= 0.3 is 5.97 Å². The quantitative estimate of drug-likeness (QED) is 0.686. The van der Waals surface area contributed by atoms with Gasteiger partial charge in [0.15, 0.2) is 0 Å². The molecule has 0 aromatic heterocycles. The Morgan fingerprint density at radius 1 is 1.17 bits per heavy atom. The molecule has 0 saturated carbocycles. The van der Waals surface area contributed by atoms with E-state index >= 15 is 0 Å². The molecule has 7 heteroatoms. The largest absolute Gasteiger partial charge is 0.463 e. The van der Waals surface area contributed by atoms with Gasteiger partial charge in [-0.25, -0.2) is 4.79 Å². The number of esters is 1. The van der Waals surface area contributed by atoms with Crippen LogP contribution >= 0.6 is 11.6 Å². The Bertz CT molecular complexity index is 830. The molecule has 0 N–H and O–H groups in total. The first-order valence-corrected chi connectivity index (χ1v) is 10.5. The molecular formula is C22H27ClN2O4. The van der Waals surface area contributed by atoms with Crippen molar-refractivity contribution in [2.24, 2.45) is 0 Å². The second kappa shape index (κ2) is 9.44. The summed E-state index contributed by atoms with van der Waals surface area (Å²) in [6.45, 7) is 5.06. The van der Waals surface area contributed by atoms with Crippen LogP contribution in [-0.2, 0) is 19.1 Å². The fourth-order valence-electron chi connectivity index (χ4n) is 4.08. The van der Waals surface area contributed by atoms with Crippen LogP contribution in [-0.4, -0.2) is 53.8 Å². The Labute approximate surface area is 176 Å². The van der Waals surface area contributed by atoms with Crippen LogP contribution in [0.4, 0.5) is 0 Å². The van der Waals surface area contributed by atoms with E-state index in [1.165, 1.54) is 4.90 Å². The Kier molecular flexibility index (Phi) is 6.96. The van der Waals surface area contributed by atoms with E-state index in [4.69, 9.17) is 16.3 Å². The number of carbonyl (C=O) groups is 3. The Hall–Kier alpha value is -2.34. The summed E-state index contributed by atoms with van der Waals surface area (Å²) in [5.41, 5.74) is 1.58. The second-order valence-electron chi connectivity index (χ2n) is 7.42. The summed E-state index contributed by atoms with van der Waals surface area (Å²) < 4.78 is 5.28. The summed E-state index contributed by atoms with van der Waals surface area (Å²) in [6, 6.07) is 7.20. The number of halogens is 1. The number of hydrogen-bond donors (Lipinski definition) is 0. The lowest BCUT2D eigenvalue weighted by molar-refractivity contribution is -0.142. The molecule has 1 saturated heterocycles. The molecule has 0 radical (unpaired) electrons. The third kappa shape index (κ3) is 4.64. The van der Waals surface area contributed by atoms with Crippen molar-refractivity contribution in [3.05, 3.63) is 46.1 Å². The van der Waals surface area contributed by atoms with Gasteiger partial charge in [0.05, 0.1) is 12.2 Å². The topological polar surface area (TPSA) is 66.9 Å². The summed E-state index contributed by atoms with van der Waals surface area (Å²) in [5.74, 6) is -1.24. The Morgan fingerprint density at radius 3 is 2.52 bits per heavy atom. The average molecular weight is 419 g/mol. The molecule has 29 heavy (non-hydrogen) atoms. The maximum atomic E-state index is 13.0. The second-order valence-corrected chi connectivity index (χ2v) is 7.83. The molecule has 2 amide bonds. The van der Waals surface area contributed by atoms with Crippen LogP contribution in [0.5, 0.6) is 0 Å². The number of carbonyl (C=O) groups excluding carboxylic acids is 3. The van der Waals surface area contributed by atoms with E-state index in [2.05, 4.69) is 0 Å². The lowest BCUT2D eigenvalue weighted by atomic mass is 9.83. The minimum atomic E-state index is -0.489. The summed E-state index contributed by atoms with van der Waals surface area (Å²) in [5, 5.41) is 0.498. The molecule has 1 aromatic carbocycles. The van der Waals surface area contributed by atoms with E-state index in [9.17, 15) is 14.4 Å². The minimum absolute atomic E-state index is 0.0528. The maximum Gasteiger partial charge on any atom is 0.336 e. The fourth-order valence-corrected chi connectivity index (χ4v) is 4.35. The van der Waals surface area contributed by atoms with Crippen molar-refractivity contribution in [2.45, 2.75) is 45.4 Å². The number of nitrogens with zero attached hydrogens (tertiary/aromatic N) is 2. The highest BCUT2D eigenvalue weighted by Gasteiger charge is 2.38. The standard InChI is InChI=1S/C22H27ClN2O4/c1-3-29-22(28)21-15(2)25(14-20(27)24-11-7-4-8-12-24)19(26)13-17(21)16-9-5-6-10-18(16)23/h5-6,9-10,17H,3-4,7-8,11-14H2,1-2H3/t17-/m1/s1. The van der Waals surface area contributed by atoms with Crippen molar-refractivity contribution >= 4 is 29.4 Å². The van der Waals surface area contributed by atoms with Gasteiger partial charge in [0, 0.05) is 36.1 Å². The monoisotopic (exact) mass is 418 g/mol. The first kappa shape index (κ1) is 21.4. The van der Waals surface area contributed by atoms with Crippen molar-refractivity contribution in [2.75, 3.05) is 26.2 Å². The zero-order valence-corrected chi connectivity index (χ0v) is 17.7. The van der Waals surface area contributed by atoms with Crippen LogP contribution in [0.3, 0.4) is 0 Å². The van der Waals surface area contributed by atoms with Gasteiger partial charge < -0.3 is 14.5 Å². The number of likely N-dealkylation sites (tertiary alicyclic amines) is 1. The maximum absolute atomic E-state index is 13.0. The smallest absolute Gasteiger partial charge is 0.336 e. The zero-order valence-electron chi connectivity index (χ0n) is 16.9. The number of allylic oxidation sites excluding steroid dienone is 1. The molecule has 6 nitrogen and oxygen atoms in total. The molecule has 1 atom stereocenters. The van der Waals surface area contributed by atoms with Gasteiger partial charge in [0.1, 0.15) is 6.54 Å². The number of amides is 2. The van der Waals surface area contributed by atoms with Gasteiger partial charge in [0.2, 0.25) is 11.8 Å². The summed E-state index contributed by atoms with van der Waals surface area (Å²) >= 11 is 6.36. The first-order chi connectivity index (χ1) is 13.9. The van der Waals surface area contributed by atoms with Crippen LogP contribution in [0.1, 0.15) is 51.0 Å². The van der Waals surface area contributed by atoms with Gasteiger partial charge in [-0.05, 0) is 44.7 Å². The predicted molar refractivity (Wildman–Crippen MR) is 110 cm³/mol. The van der Waals surface area contributed by atoms with E-state index in [0.717, 1.165) is 32.4 Å². The first-order valence-electron chi connectivity index (χ1n) is 10.1. The van der Waals surface area contributed by atoms with Crippen molar-refractivity contribution < 1.29 is 19.1 Å². The van der Waals surface area contributed by atoms with Crippen LogP contribution in [0.25, 0.3) is 0 Å². The number of piperidine rings is 1. The molecular weight excluding hydrogens is 392 g/mol. The van der Waals surface area contributed by atoms with Gasteiger partial charge in [-0.15, -0.1) is 0 Å². The SMILES string of the molecule is CCOC(=O)C1=C(C)N(CC(=O)N2CCCCC2)C(=O)C[C@@H]1c1ccccc1Cl. The average Bonchev–Trinajstić information content (AvgIpc) is 2.71. The lowest BCUT2D eigenvalue weighted by Gasteiger charge is -2.36. The van der Waals surface area contributed by atoms with Gasteiger partial charge in [0.25, 0.3) is 0 Å². The molecule has 1 aromatic rings. The highest BCUT2D eigenvalue weighted by atomic mass is 35.5. The number of hydrogen-bond acceptors (Lipinski definition) is 4. The minimum Gasteiger partial charge on any atom is -0.463 e. The summed E-state index contributed by atoms with van der Waals surface area (Å²) in [7, 11) is 0. The molecule has 156 valence electrons. The molecule has 0 aliphatic carbocycles. The van der Waals surface area contributed by atoms with Crippen molar-refractivity contribution in [3.63, 3.8) is 0 Å². The number of rotatable bonds is 5. The predicted octanol–water partition coefficient (Wildman–Crippen LogP) is 3.51.